The summed E-state index contributed by atoms with van der Waals surface area (Å²) >= 11 is 0. The largest absolute Gasteiger partial charge is 0.445 e. The number of ether oxygens (including phenoxy) is 1. The Kier molecular flexibility index (Phi) is 8.63. The number of nitrogens with zero attached hydrogens (tertiary/aromatic N) is 4. The number of hydrogen-bond donors (Lipinski definition) is 2. The van der Waals surface area contributed by atoms with Crippen LogP contribution in [0.1, 0.15) is 37.7 Å². The summed E-state index contributed by atoms with van der Waals surface area (Å²) in [5, 5.41) is 6.76. The minimum Gasteiger partial charge on any atom is -0.445 e. The van der Waals surface area contributed by atoms with E-state index in [1.807, 2.05) is 53.4 Å². The minimum atomic E-state index is -3.17. The van der Waals surface area contributed by atoms with Crippen LogP contribution in [-0.2, 0) is 21.4 Å². The van der Waals surface area contributed by atoms with Crippen molar-refractivity contribution in [1.82, 2.24) is 14.9 Å². The second-order valence-electron chi connectivity index (χ2n) is 14.9. The molecule has 3 amide bonds. The molecule has 5 atom stereocenters. The van der Waals surface area contributed by atoms with Crippen LogP contribution in [0, 0.1) is 17.8 Å². The standard InChI is InChI=1S/C38H46N6O5S/c1-50(47,48)42-17-15-41(16-18-42)31-11-13-32(14-12-31)43-19-20-44(34-10-6-5-9-33(34)43)36(45)39-35-29-21-28-22-30(35)25-38(23-28,24-29)40-37(46)49-26-27-7-3-2-4-8-27/h2-14,28-30,35H,15-26H2,1H3,(H,39,45)(H,40,46)/t28?,29-,30?,35-,38-/m0/s1. The maximum atomic E-state index is 14.0. The predicted octanol–water partition coefficient (Wildman–Crippen LogP) is 5.31. The van der Waals surface area contributed by atoms with E-state index < -0.39 is 10.0 Å². The fourth-order valence-corrected chi connectivity index (χ4v) is 10.4. The number of anilines is 4. The summed E-state index contributed by atoms with van der Waals surface area (Å²) in [6.45, 7) is 3.77. The number of hydrogen-bond acceptors (Lipinski definition) is 7. The zero-order chi connectivity index (χ0) is 34.5. The normalized spacial score (nSPS) is 27.5. The number of urea groups is 1. The van der Waals surface area contributed by atoms with E-state index in [1.54, 1.807) is 0 Å². The molecule has 3 aromatic carbocycles. The number of carbonyl (C=O) groups is 2. The van der Waals surface area contributed by atoms with Gasteiger partial charge in [0, 0.05) is 62.2 Å². The van der Waals surface area contributed by atoms with E-state index in [-0.39, 0.29) is 30.3 Å². The lowest BCUT2D eigenvalue weighted by molar-refractivity contribution is -0.0419. The van der Waals surface area contributed by atoms with Gasteiger partial charge >= 0.3 is 12.1 Å². The molecular formula is C38H46N6O5S. The van der Waals surface area contributed by atoms with Crippen molar-refractivity contribution >= 4 is 44.9 Å². The zero-order valence-corrected chi connectivity index (χ0v) is 29.4. The number of para-hydroxylation sites is 2. The van der Waals surface area contributed by atoms with E-state index in [0.717, 1.165) is 60.4 Å². The van der Waals surface area contributed by atoms with Gasteiger partial charge in [-0.2, -0.15) is 4.31 Å². The fraction of sp³-hybridized carbons (Fsp3) is 0.474. The van der Waals surface area contributed by atoms with E-state index in [2.05, 4.69) is 50.8 Å². The van der Waals surface area contributed by atoms with Crippen molar-refractivity contribution < 1.29 is 22.7 Å². The summed E-state index contributed by atoms with van der Waals surface area (Å²) in [7, 11) is -3.17. The highest BCUT2D eigenvalue weighted by Crippen LogP contribution is 2.56. The smallest absolute Gasteiger partial charge is 0.407 e. The number of alkyl carbamates (subject to hydrolysis) is 1. The van der Waals surface area contributed by atoms with Gasteiger partial charge in [-0.1, -0.05) is 42.5 Å². The Hall–Kier alpha value is -4.29. The molecule has 2 N–H and O–H groups in total. The van der Waals surface area contributed by atoms with E-state index in [0.29, 0.717) is 57.0 Å². The first kappa shape index (κ1) is 32.9. The first-order chi connectivity index (χ1) is 24.1. The molecule has 3 aromatic rings. The number of carbonyl (C=O) groups excluding carboxylic acids is 2. The van der Waals surface area contributed by atoms with Crippen molar-refractivity contribution in [2.45, 2.75) is 50.3 Å². The predicted molar refractivity (Wildman–Crippen MR) is 194 cm³/mol. The van der Waals surface area contributed by atoms with Gasteiger partial charge in [-0.25, -0.2) is 18.0 Å². The van der Waals surface area contributed by atoms with Crippen molar-refractivity contribution in [3.05, 3.63) is 84.4 Å². The molecule has 0 aromatic heterocycles. The molecule has 0 radical (unpaired) electrons. The van der Waals surface area contributed by atoms with Gasteiger partial charge in [-0.3, -0.25) is 4.90 Å². The second kappa shape index (κ2) is 13.1. The van der Waals surface area contributed by atoms with Crippen molar-refractivity contribution in [2.75, 3.05) is 60.2 Å². The highest BCUT2D eigenvalue weighted by atomic mass is 32.2. The maximum absolute atomic E-state index is 14.0. The lowest BCUT2D eigenvalue weighted by atomic mass is 9.51. The Morgan fingerprint density at radius 3 is 2.10 bits per heavy atom. The number of sulfonamides is 1. The molecule has 2 unspecified atom stereocenters. The monoisotopic (exact) mass is 698 g/mol. The van der Waals surface area contributed by atoms with Crippen LogP contribution in [0.3, 0.4) is 0 Å². The van der Waals surface area contributed by atoms with Gasteiger partial charge in [0.1, 0.15) is 6.61 Å². The molecular weight excluding hydrogens is 653 g/mol. The molecule has 4 saturated carbocycles. The lowest BCUT2D eigenvalue weighted by Gasteiger charge is -2.60. The third-order valence-corrected chi connectivity index (χ3v) is 12.9. The summed E-state index contributed by atoms with van der Waals surface area (Å²) in [4.78, 5) is 33.3. The van der Waals surface area contributed by atoms with Crippen LogP contribution in [-0.4, -0.2) is 82.0 Å². The Morgan fingerprint density at radius 1 is 0.780 bits per heavy atom. The van der Waals surface area contributed by atoms with Gasteiger partial charge in [0.2, 0.25) is 10.0 Å². The molecule has 4 bridgehead atoms. The number of piperazine rings is 1. The van der Waals surface area contributed by atoms with Gasteiger partial charge in [0.25, 0.3) is 0 Å². The number of nitrogens with one attached hydrogen (secondary N) is 2. The second-order valence-corrected chi connectivity index (χ2v) is 16.9. The number of amides is 3. The fourth-order valence-electron chi connectivity index (χ4n) is 9.57. The lowest BCUT2D eigenvalue weighted by Crippen LogP contribution is -2.67. The maximum Gasteiger partial charge on any atom is 0.407 e. The van der Waals surface area contributed by atoms with E-state index in [1.165, 1.54) is 10.6 Å². The Balaban J connectivity index is 0.906. The molecule has 11 nitrogen and oxygen atoms in total. The van der Waals surface area contributed by atoms with Crippen LogP contribution >= 0.6 is 0 Å². The Labute approximate surface area is 294 Å². The molecule has 4 aliphatic carbocycles. The topological polar surface area (TPSA) is 115 Å². The van der Waals surface area contributed by atoms with Crippen LogP contribution in [0.4, 0.5) is 32.3 Å². The highest BCUT2D eigenvalue weighted by Gasteiger charge is 2.56. The molecule has 0 spiro atoms. The molecule has 5 fully saturated rings. The summed E-state index contributed by atoms with van der Waals surface area (Å²) in [6.07, 6.45) is 5.78. The van der Waals surface area contributed by atoms with Gasteiger partial charge in [-0.05, 0) is 91.8 Å². The zero-order valence-electron chi connectivity index (χ0n) is 28.5. The van der Waals surface area contributed by atoms with Crippen molar-refractivity contribution in [3.63, 3.8) is 0 Å². The van der Waals surface area contributed by atoms with Crippen molar-refractivity contribution in [2.24, 2.45) is 17.8 Å². The molecule has 2 heterocycles. The van der Waals surface area contributed by atoms with Gasteiger partial charge in [0.15, 0.2) is 0 Å². The van der Waals surface area contributed by atoms with E-state index in [4.69, 9.17) is 4.74 Å². The molecule has 2 aliphatic heterocycles. The van der Waals surface area contributed by atoms with Crippen molar-refractivity contribution in [3.8, 4) is 0 Å². The van der Waals surface area contributed by atoms with Crippen LogP contribution in [0.5, 0.6) is 0 Å². The van der Waals surface area contributed by atoms with E-state index in [9.17, 15) is 18.0 Å². The molecule has 12 heteroatoms. The van der Waals surface area contributed by atoms with Crippen LogP contribution < -0.4 is 25.3 Å². The molecule has 6 aliphatic rings. The van der Waals surface area contributed by atoms with Crippen LogP contribution in [0.15, 0.2) is 78.9 Å². The van der Waals surface area contributed by atoms with Gasteiger partial charge < -0.3 is 25.2 Å². The third-order valence-electron chi connectivity index (χ3n) is 11.6. The van der Waals surface area contributed by atoms with Crippen LogP contribution in [0.2, 0.25) is 0 Å². The highest BCUT2D eigenvalue weighted by molar-refractivity contribution is 7.88. The first-order valence-corrected chi connectivity index (χ1v) is 19.7. The van der Waals surface area contributed by atoms with Crippen molar-refractivity contribution in [1.29, 1.82) is 0 Å². The Bertz CT molecular complexity index is 1820. The summed E-state index contributed by atoms with van der Waals surface area (Å²) in [6, 6.07) is 26.3. The molecule has 264 valence electrons. The van der Waals surface area contributed by atoms with Gasteiger partial charge in [0.05, 0.1) is 17.6 Å². The summed E-state index contributed by atoms with van der Waals surface area (Å²) in [5.74, 6) is 1.20. The summed E-state index contributed by atoms with van der Waals surface area (Å²) in [5.41, 5.74) is 4.72. The van der Waals surface area contributed by atoms with Gasteiger partial charge in [-0.15, -0.1) is 0 Å². The van der Waals surface area contributed by atoms with Crippen LogP contribution in [0.25, 0.3) is 0 Å². The average molecular weight is 699 g/mol. The quantitative estimate of drug-likeness (QED) is 0.344. The van der Waals surface area contributed by atoms with E-state index >= 15 is 0 Å². The minimum absolute atomic E-state index is 0.0533. The number of fused-ring (bicyclic) bond motifs is 1. The SMILES string of the molecule is CS(=O)(=O)N1CCN(c2ccc(N3CCN(C(=O)N[C@@H]4C5CC6C[C@H]4C[C@@](NC(=O)OCc4ccccc4)(C6)C5)c4ccccc43)cc2)CC1. The molecule has 1 saturated heterocycles. The first-order valence-electron chi connectivity index (χ1n) is 17.9. The molecule has 50 heavy (non-hydrogen) atoms. The summed E-state index contributed by atoms with van der Waals surface area (Å²) < 4.78 is 31.0. The number of rotatable bonds is 7. The Morgan fingerprint density at radius 2 is 1.42 bits per heavy atom. The molecule has 9 rings (SSSR count). The average Bonchev–Trinajstić information content (AvgIpc) is 3.11. The third kappa shape index (κ3) is 6.51. The number of benzene rings is 3.